The van der Waals surface area contributed by atoms with Crippen molar-refractivity contribution in [1.29, 1.82) is 0 Å². The van der Waals surface area contributed by atoms with Gasteiger partial charge in [0.1, 0.15) is 6.54 Å². The lowest BCUT2D eigenvalue weighted by Crippen LogP contribution is -2.49. The second kappa shape index (κ2) is 7.40. The van der Waals surface area contributed by atoms with E-state index in [-0.39, 0.29) is 17.9 Å². The SMILES string of the molecule is O=C(Cn1ncc(=O)c2ccccc21)N1CCN(c2ccccc2Cl)CC1. The largest absolute Gasteiger partial charge is 0.367 e. The number of para-hydroxylation sites is 2. The van der Waals surface area contributed by atoms with Crippen molar-refractivity contribution in [2.24, 2.45) is 0 Å². The number of carbonyl (C=O) groups is 1. The Hall–Kier alpha value is -2.86. The summed E-state index contributed by atoms with van der Waals surface area (Å²) in [6.45, 7) is 2.83. The highest BCUT2D eigenvalue weighted by atomic mass is 35.5. The van der Waals surface area contributed by atoms with E-state index in [0.29, 0.717) is 24.0 Å². The minimum Gasteiger partial charge on any atom is -0.367 e. The highest BCUT2D eigenvalue weighted by molar-refractivity contribution is 6.33. The van der Waals surface area contributed by atoms with E-state index in [0.717, 1.165) is 23.8 Å². The zero-order valence-corrected chi connectivity index (χ0v) is 15.5. The molecule has 0 unspecified atom stereocenters. The molecule has 7 heteroatoms. The van der Waals surface area contributed by atoms with Gasteiger partial charge >= 0.3 is 0 Å². The van der Waals surface area contributed by atoms with E-state index < -0.39 is 0 Å². The summed E-state index contributed by atoms with van der Waals surface area (Å²) in [5, 5.41) is 5.44. The summed E-state index contributed by atoms with van der Waals surface area (Å²) in [7, 11) is 0. The molecule has 4 rings (SSSR count). The highest BCUT2D eigenvalue weighted by Crippen LogP contribution is 2.26. The van der Waals surface area contributed by atoms with Gasteiger partial charge in [0.25, 0.3) is 0 Å². The van der Waals surface area contributed by atoms with Crippen molar-refractivity contribution >= 4 is 34.1 Å². The molecule has 0 spiro atoms. The number of hydrogen-bond acceptors (Lipinski definition) is 4. The molecule has 0 N–H and O–H groups in total. The van der Waals surface area contributed by atoms with Gasteiger partial charge in [-0.15, -0.1) is 0 Å². The summed E-state index contributed by atoms with van der Waals surface area (Å²) in [4.78, 5) is 28.7. The molecule has 1 fully saturated rings. The maximum Gasteiger partial charge on any atom is 0.244 e. The van der Waals surface area contributed by atoms with Gasteiger partial charge < -0.3 is 9.80 Å². The Labute approximate surface area is 161 Å². The summed E-state index contributed by atoms with van der Waals surface area (Å²) in [5.74, 6) is -0.00453. The third-order valence-corrected chi connectivity index (χ3v) is 5.19. The summed E-state index contributed by atoms with van der Waals surface area (Å²) in [6, 6.07) is 15.0. The molecule has 1 aliphatic rings. The van der Waals surface area contributed by atoms with Crippen LogP contribution in [-0.4, -0.2) is 46.8 Å². The van der Waals surface area contributed by atoms with E-state index in [1.54, 1.807) is 10.7 Å². The lowest BCUT2D eigenvalue weighted by molar-refractivity contribution is -0.132. The van der Waals surface area contributed by atoms with Crippen molar-refractivity contribution < 1.29 is 4.79 Å². The molecule has 0 atom stereocenters. The molecule has 0 radical (unpaired) electrons. The zero-order chi connectivity index (χ0) is 18.8. The summed E-state index contributed by atoms with van der Waals surface area (Å²) < 4.78 is 1.60. The number of halogens is 1. The molecule has 1 amide bonds. The number of benzene rings is 2. The Morgan fingerprint density at radius 2 is 1.70 bits per heavy atom. The number of rotatable bonds is 3. The van der Waals surface area contributed by atoms with E-state index in [1.165, 1.54) is 6.20 Å². The van der Waals surface area contributed by atoms with Crippen molar-refractivity contribution in [2.45, 2.75) is 6.54 Å². The molecule has 1 aromatic heterocycles. The number of aromatic nitrogens is 2. The zero-order valence-electron chi connectivity index (χ0n) is 14.7. The van der Waals surface area contributed by atoms with E-state index in [1.807, 2.05) is 47.4 Å². The average Bonchev–Trinajstić information content (AvgIpc) is 2.71. The van der Waals surface area contributed by atoms with Crippen molar-refractivity contribution in [1.82, 2.24) is 14.7 Å². The number of carbonyl (C=O) groups excluding carboxylic acids is 1. The molecule has 1 saturated heterocycles. The van der Waals surface area contributed by atoms with Gasteiger partial charge in [-0.3, -0.25) is 14.3 Å². The third-order valence-electron chi connectivity index (χ3n) is 4.87. The Morgan fingerprint density at radius 3 is 2.48 bits per heavy atom. The molecule has 0 bridgehead atoms. The quantitative estimate of drug-likeness (QED) is 0.698. The van der Waals surface area contributed by atoms with Crippen molar-refractivity contribution in [3.8, 4) is 0 Å². The van der Waals surface area contributed by atoms with Crippen molar-refractivity contribution in [3.05, 3.63) is 70.0 Å². The summed E-state index contributed by atoms with van der Waals surface area (Å²) in [5.41, 5.74) is 1.54. The molecule has 27 heavy (non-hydrogen) atoms. The number of fused-ring (bicyclic) bond motifs is 1. The predicted octanol–water partition coefficient (Wildman–Crippen LogP) is 2.40. The molecule has 3 aromatic rings. The minimum atomic E-state index is -0.136. The van der Waals surface area contributed by atoms with Gasteiger partial charge in [0, 0.05) is 31.6 Å². The Morgan fingerprint density at radius 1 is 1.00 bits per heavy atom. The van der Waals surface area contributed by atoms with Gasteiger partial charge in [-0.05, 0) is 24.3 Å². The number of nitrogens with zero attached hydrogens (tertiary/aromatic N) is 4. The normalized spacial score (nSPS) is 14.6. The highest BCUT2D eigenvalue weighted by Gasteiger charge is 2.23. The first-order valence-electron chi connectivity index (χ1n) is 8.85. The van der Waals surface area contributed by atoms with Crippen LogP contribution in [0.4, 0.5) is 5.69 Å². The molecule has 2 aromatic carbocycles. The molecular weight excluding hydrogens is 364 g/mol. The van der Waals surface area contributed by atoms with E-state index in [2.05, 4.69) is 10.00 Å². The lowest BCUT2D eigenvalue weighted by atomic mass is 10.2. The van der Waals surface area contributed by atoms with Crippen LogP contribution in [0.25, 0.3) is 10.9 Å². The van der Waals surface area contributed by atoms with Gasteiger partial charge in [0.05, 0.1) is 22.4 Å². The van der Waals surface area contributed by atoms with Crippen molar-refractivity contribution in [3.63, 3.8) is 0 Å². The molecular formula is C20H19ClN4O2. The minimum absolute atomic E-state index is 0.00453. The van der Waals surface area contributed by atoms with Crippen LogP contribution >= 0.6 is 11.6 Å². The number of amides is 1. The van der Waals surface area contributed by atoms with Crippen LogP contribution in [0.2, 0.25) is 5.02 Å². The van der Waals surface area contributed by atoms with Crippen LogP contribution in [0.1, 0.15) is 0 Å². The summed E-state index contributed by atoms with van der Waals surface area (Å²) >= 11 is 6.27. The van der Waals surface area contributed by atoms with Crippen LogP contribution in [0.15, 0.2) is 59.5 Å². The second-order valence-corrected chi connectivity index (χ2v) is 6.91. The van der Waals surface area contributed by atoms with E-state index in [4.69, 9.17) is 11.6 Å². The molecule has 2 heterocycles. The van der Waals surface area contributed by atoms with Crippen LogP contribution < -0.4 is 10.3 Å². The van der Waals surface area contributed by atoms with Gasteiger partial charge in [-0.25, -0.2) is 0 Å². The average molecular weight is 383 g/mol. The van der Waals surface area contributed by atoms with Gasteiger partial charge in [-0.1, -0.05) is 35.9 Å². The topological polar surface area (TPSA) is 58.4 Å². The maximum absolute atomic E-state index is 12.7. The van der Waals surface area contributed by atoms with Crippen LogP contribution in [-0.2, 0) is 11.3 Å². The Kier molecular flexibility index (Phi) is 4.81. The molecule has 0 saturated carbocycles. The number of anilines is 1. The molecule has 0 aliphatic carbocycles. The first kappa shape index (κ1) is 17.5. The fraction of sp³-hybridized carbons (Fsp3) is 0.250. The Bertz CT molecular complexity index is 1040. The maximum atomic E-state index is 12.7. The molecule has 6 nitrogen and oxygen atoms in total. The fourth-order valence-electron chi connectivity index (χ4n) is 3.42. The van der Waals surface area contributed by atoms with Crippen LogP contribution in [0.5, 0.6) is 0 Å². The third kappa shape index (κ3) is 3.53. The standard InChI is InChI=1S/C20H19ClN4O2/c21-16-6-2-4-8-18(16)23-9-11-24(12-10-23)20(27)14-25-17-7-3-1-5-15(17)19(26)13-22-25/h1-8,13H,9-12,14H2. The second-order valence-electron chi connectivity index (χ2n) is 6.50. The predicted molar refractivity (Wildman–Crippen MR) is 106 cm³/mol. The lowest BCUT2D eigenvalue weighted by Gasteiger charge is -2.36. The first-order chi connectivity index (χ1) is 13.1. The monoisotopic (exact) mass is 382 g/mol. The Balaban J connectivity index is 1.46. The fourth-order valence-corrected chi connectivity index (χ4v) is 3.68. The van der Waals surface area contributed by atoms with E-state index in [9.17, 15) is 9.59 Å². The molecule has 1 aliphatic heterocycles. The van der Waals surface area contributed by atoms with Crippen LogP contribution in [0, 0.1) is 0 Å². The van der Waals surface area contributed by atoms with Gasteiger partial charge in [0.2, 0.25) is 11.3 Å². The van der Waals surface area contributed by atoms with Crippen molar-refractivity contribution in [2.75, 3.05) is 31.1 Å². The van der Waals surface area contributed by atoms with Crippen LogP contribution in [0.3, 0.4) is 0 Å². The summed E-state index contributed by atoms with van der Waals surface area (Å²) in [6.07, 6.45) is 1.27. The number of hydrogen-bond donors (Lipinski definition) is 0. The number of piperazine rings is 1. The smallest absolute Gasteiger partial charge is 0.244 e. The first-order valence-corrected chi connectivity index (χ1v) is 9.23. The van der Waals surface area contributed by atoms with E-state index >= 15 is 0 Å². The molecule has 138 valence electrons. The van der Waals surface area contributed by atoms with Gasteiger partial charge in [0.15, 0.2) is 0 Å². The van der Waals surface area contributed by atoms with Gasteiger partial charge in [-0.2, -0.15) is 5.10 Å².